The first-order chi connectivity index (χ1) is 9.74. The molecular formula is C17H32N2O. The topological polar surface area (TPSA) is 32.3 Å². The SMILES string of the molecule is CCNC(CN1CCC(CC)CCC1=O)C1CCCC1. The number of carbonyl (C=O) groups excluding carboxylic acids is 1. The van der Waals surface area contributed by atoms with Crippen molar-refractivity contribution in [3.05, 3.63) is 0 Å². The largest absolute Gasteiger partial charge is 0.341 e. The molecule has 2 aliphatic rings. The summed E-state index contributed by atoms with van der Waals surface area (Å²) in [4.78, 5) is 14.5. The minimum Gasteiger partial charge on any atom is -0.341 e. The maximum atomic E-state index is 12.3. The number of nitrogens with one attached hydrogen (secondary N) is 1. The third kappa shape index (κ3) is 4.21. The van der Waals surface area contributed by atoms with Crippen LogP contribution in [0.3, 0.4) is 0 Å². The number of likely N-dealkylation sites (N-methyl/N-ethyl adjacent to an activating group) is 1. The van der Waals surface area contributed by atoms with Gasteiger partial charge in [-0.05, 0) is 44.1 Å². The maximum Gasteiger partial charge on any atom is 0.222 e. The molecular weight excluding hydrogens is 248 g/mol. The lowest BCUT2D eigenvalue weighted by Crippen LogP contribution is -2.47. The molecule has 1 aliphatic carbocycles. The average Bonchev–Trinajstić information content (AvgIpc) is 2.92. The van der Waals surface area contributed by atoms with Crippen molar-refractivity contribution >= 4 is 5.91 Å². The molecule has 2 atom stereocenters. The maximum absolute atomic E-state index is 12.3. The third-order valence-electron chi connectivity index (χ3n) is 5.36. The van der Waals surface area contributed by atoms with E-state index in [0.717, 1.165) is 44.3 Å². The third-order valence-corrected chi connectivity index (χ3v) is 5.36. The van der Waals surface area contributed by atoms with Crippen molar-refractivity contribution in [1.82, 2.24) is 10.2 Å². The van der Waals surface area contributed by atoms with Gasteiger partial charge in [-0.3, -0.25) is 4.79 Å². The molecule has 116 valence electrons. The first kappa shape index (κ1) is 15.8. The minimum absolute atomic E-state index is 0.391. The summed E-state index contributed by atoms with van der Waals surface area (Å²) in [7, 11) is 0. The van der Waals surface area contributed by atoms with E-state index < -0.39 is 0 Å². The lowest BCUT2D eigenvalue weighted by Gasteiger charge is -2.31. The summed E-state index contributed by atoms with van der Waals surface area (Å²) >= 11 is 0. The van der Waals surface area contributed by atoms with E-state index in [9.17, 15) is 4.79 Å². The van der Waals surface area contributed by atoms with Crippen LogP contribution in [-0.2, 0) is 4.79 Å². The summed E-state index contributed by atoms with van der Waals surface area (Å²) in [5, 5.41) is 3.64. The molecule has 3 nitrogen and oxygen atoms in total. The molecule has 1 saturated carbocycles. The Morgan fingerprint density at radius 2 is 1.95 bits per heavy atom. The Balaban J connectivity index is 1.92. The summed E-state index contributed by atoms with van der Waals surface area (Å²) < 4.78 is 0. The summed E-state index contributed by atoms with van der Waals surface area (Å²) in [6.45, 7) is 7.37. The molecule has 2 fully saturated rings. The van der Waals surface area contributed by atoms with Gasteiger partial charge in [-0.15, -0.1) is 0 Å². The minimum atomic E-state index is 0.391. The van der Waals surface area contributed by atoms with Crippen molar-refractivity contribution in [2.75, 3.05) is 19.6 Å². The number of hydrogen-bond donors (Lipinski definition) is 1. The van der Waals surface area contributed by atoms with Crippen LogP contribution in [0.5, 0.6) is 0 Å². The van der Waals surface area contributed by atoms with Crippen molar-refractivity contribution in [3.8, 4) is 0 Å². The van der Waals surface area contributed by atoms with Crippen LogP contribution in [0.1, 0.15) is 65.2 Å². The van der Waals surface area contributed by atoms with E-state index in [0.29, 0.717) is 11.9 Å². The predicted molar refractivity (Wildman–Crippen MR) is 83.6 cm³/mol. The van der Waals surface area contributed by atoms with Gasteiger partial charge in [-0.2, -0.15) is 0 Å². The number of carbonyl (C=O) groups is 1. The van der Waals surface area contributed by atoms with Crippen LogP contribution in [0.2, 0.25) is 0 Å². The Bertz CT molecular complexity index is 299. The van der Waals surface area contributed by atoms with E-state index in [-0.39, 0.29) is 0 Å². The highest BCUT2D eigenvalue weighted by Gasteiger charge is 2.29. The van der Waals surface area contributed by atoms with Crippen molar-refractivity contribution in [3.63, 3.8) is 0 Å². The van der Waals surface area contributed by atoms with Gasteiger partial charge in [0.2, 0.25) is 5.91 Å². The molecule has 20 heavy (non-hydrogen) atoms. The fraction of sp³-hybridized carbons (Fsp3) is 0.941. The smallest absolute Gasteiger partial charge is 0.222 e. The quantitative estimate of drug-likeness (QED) is 0.810. The lowest BCUT2D eigenvalue weighted by atomic mass is 9.97. The standard InChI is InChI=1S/C17H32N2O/c1-3-14-9-10-17(20)19(12-11-14)13-16(18-4-2)15-7-5-6-8-15/h14-16,18H,3-13H2,1-2H3. The van der Waals surface area contributed by atoms with E-state index in [1.54, 1.807) is 0 Å². The number of rotatable bonds is 6. The van der Waals surface area contributed by atoms with Crippen LogP contribution >= 0.6 is 0 Å². The molecule has 2 rings (SSSR count). The monoisotopic (exact) mass is 280 g/mol. The summed E-state index contributed by atoms with van der Waals surface area (Å²) in [6.07, 6.45) is 9.72. The Morgan fingerprint density at radius 3 is 2.60 bits per heavy atom. The van der Waals surface area contributed by atoms with E-state index >= 15 is 0 Å². The molecule has 3 heteroatoms. The zero-order chi connectivity index (χ0) is 14.4. The first-order valence-electron chi connectivity index (χ1n) is 8.75. The van der Waals surface area contributed by atoms with Gasteiger partial charge in [-0.25, -0.2) is 0 Å². The number of amides is 1. The van der Waals surface area contributed by atoms with Crippen LogP contribution in [0.4, 0.5) is 0 Å². The second-order valence-corrected chi connectivity index (χ2v) is 6.65. The van der Waals surface area contributed by atoms with Gasteiger partial charge in [0.05, 0.1) is 0 Å². The van der Waals surface area contributed by atoms with Crippen molar-refractivity contribution in [2.24, 2.45) is 11.8 Å². The molecule has 1 heterocycles. The summed E-state index contributed by atoms with van der Waals surface area (Å²) in [5.41, 5.74) is 0. The highest BCUT2D eigenvalue weighted by atomic mass is 16.2. The molecule has 0 bridgehead atoms. The highest BCUT2D eigenvalue weighted by Crippen LogP contribution is 2.29. The molecule has 0 spiro atoms. The van der Waals surface area contributed by atoms with E-state index in [2.05, 4.69) is 24.1 Å². The van der Waals surface area contributed by atoms with Crippen LogP contribution < -0.4 is 5.32 Å². The van der Waals surface area contributed by atoms with Gasteiger partial charge in [0.25, 0.3) is 0 Å². The first-order valence-corrected chi connectivity index (χ1v) is 8.75. The van der Waals surface area contributed by atoms with Crippen LogP contribution in [0.25, 0.3) is 0 Å². The Labute approximate surface area is 124 Å². The molecule has 0 aromatic rings. The van der Waals surface area contributed by atoms with E-state index in [1.165, 1.54) is 38.5 Å². The zero-order valence-corrected chi connectivity index (χ0v) is 13.4. The van der Waals surface area contributed by atoms with Gasteiger partial charge in [0, 0.05) is 25.6 Å². The lowest BCUT2D eigenvalue weighted by molar-refractivity contribution is -0.131. The van der Waals surface area contributed by atoms with Crippen LogP contribution in [-0.4, -0.2) is 36.5 Å². The van der Waals surface area contributed by atoms with Crippen molar-refractivity contribution < 1.29 is 4.79 Å². The molecule has 1 amide bonds. The Kier molecular flexibility index (Phi) is 6.34. The van der Waals surface area contributed by atoms with Crippen LogP contribution in [0.15, 0.2) is 0 Å². The Hall–Kier alpha value is -0.570. The molecule has 0 aromatic heterocycles. The molecule has 2 unspecified atom stereocenters. The van der Waals surface area contributed by atoms with Gasteiger partial charge < -0.3 is 10.2 Å². The van der Waals surface area contributed by atoms with Gasteiger partial charge in [0.1, 0.15) is 0 Å². The molecule has 1 saturated heterocycles. The molecule has 0 radical (unpaired) electrons. The molecule has 0 aromatic carbocycles. The number of nitrogens with zero attached hydrogens (tertiary/aromatic N) is 1. The number of hydrogen-bond acceptors (Lipinski definition) is 2. The van der Waals surface area contributed by atoms with Gasteiger partial charge >= 0.3 is 0 Å². The molecule has 1 N–H and O–H groups in total. The summed E-state index contributed by atoms with van der Waals surface area (Å²) in [6, 6.07) is 0.518. The Morgan fingerprint density at radius 1 is 1.20 bits per heavy atom. The predicted octanol–water partition coefficient (Wildman–Crippen LogP) is 3.19. The second kappa shape index (κ2) is 8.02. The number of likely N-dealkylation sites (tertiary alicyclic amines) is 1. The van der Waals surface area contributed by atoms with Crippen molar-refractivity contribution in [2.45, 2.75) is 71.3 Å². The second-order valence-electron chi connectivity index (χ2n) is 6.65. The summed E-state index contributed by atoms with van der Waals surface area (Å²) in [5.74, 6) is 1.93. The van der Waals surface area contributed by atoms with Gasteiger partial charge in [0.15, 0.2) is 0 Å². The van der Waals surface area contributed by atoms with E-state index in [4.69, 9.17) is 0 Å². The van der Waals surface area contributed by atoms with Gasteiger partial charge in [-0.1, -0.05) is 33.1 Å². The van der Waals surface area contributed by atoms with Crippen molar-refractivity contribution in [1.29, 1.82) is 0 Å². The normalized spacial score (nSPS) is 26.8. The fourth-order valence-electron chi connectivity index (χ4n) is 3.93. The average molecular weight is 280 g/mol. The molecule has 1 aliphatic heterocycles. The highest BCUT2D eigenvalue weighted by molar-refractivity contribution is 5.76. The fourth-order valence-corrected chi connectivity index (χ4v) is 3.93. The van der Waals surface area contributed by atoms with Crippen LogP contribution in [0, 0.1) is 11.8 Å². The van der Waals surface area contributed by atoms with E-state index in [1.807, 2.05) is 0 Å². The zero-order valence-electron chi connectivity index (χ0n) is 13.4.